The van der Waals surface area contributed by atoms with E-state index in [2.05, 4.69) is 25.5 Å². The van der Waals surface area contributed by atoms with Crippen LogP contribution in [-0.4, -0.2) is 54.1 Å². The summed E-state index contributed by atoms with van der Waals surface area (Å²) in [6, 6.07) is 4.53. The number of rotatable bonds is 9. The number of fused-ring (bicyclic) bond motifs is 1. The maximum atomic E-state index is 13.0. The first-order valence-corrected chi connectivity index (χ1v) is 11.7. The standard InChI is InChI=1S/C24H27F3N8O2/c1-4-14(3)31-22(36)18-8-16(11-35-21(18)32-23(28)33-35)17-10-30-34(12-17)19(5-2)15-6-7-20(29-9-15)37-13-24(25,26)27/h6-12,14,19H,4-5,13H2,1-3H3,(H2,28,33)(H,31,36)/t14-,19?/m0/s1. The zero-order chi connectivity index (χ0) is 26.7. The lowest BCUT2D eigenvalue weighted by Gasteiger charge is -2.16. The van der Waals surface area contributed by atoms with Gasteiger partial charge in [-0.3, -0.25) is 9.48 Å². The number of pyridine rings is 2. The Balaban J connectivity index is 1.62. The fraction of sp³-hybridized carbons (Fsp3) is 0.375. The number of halogens is 3. The highest BCUT2D eigenvalue weighted by molar-refractivity contribution is 6.01. The molecular formula is C24H27F3N8O2. The third-order valence-electron chi connectivity index (χ3n) is 5.85. The first kappa shape index (κ1) is 25.9. The molecule has 4 heterocycles. The molecule has 0 fully saturated rings. The molecule has 0 aliphatic rings. The molecule has 0 saturated carbocycles. The number of nitrogen functional groups attached to an aromatic ring is 1. The highest BCUT2D eigenvalue weighted by Crippen LogP contribution is 2.27. The molecule has 196 valence electrons. The molecule has 10 nitrogen and oxygen atoms in total. The van der Waals surface area contributed by atoms with Crippen LogP contribution < -0.4 is 15.8 Å². The molecule has 0 spiro atoms. The van der Waals surface area contributed by atoms with Gasteiger partial charge in [-0.2, -0.15) is 23.3 Å². The van der Waals surface area contributed by atoms with Gasteiger partial charge in [0.15, 0.2) is 12.3 Å². The van der Waals surface area contributed by atoms with E-state index < -0.39 is 12.8 Å². The number of ether oxygens (including phenoxy) is 1. The van der Waals surface area contributed by atoms with Crippen molar-refractivity contribution in [2.24, 2.45) is 0 Å². The van der Waals surface area contributed by atoms with E-state index in [1.54, 1.807) is 29.2 Å². The summed E-state index contributed by atoms with van der Waals surface area (Å²) in [5.74, 6) is -0.348. The van der Waals surface area contributed by atoms with Crippen LogP contribution in [0.3, 0.4) is 0 Å². The van der Waals surface area contributed by atoms with E-state index >= 15 is 0 Å². The van der Waals surface area contributed by atoms with E-state index in [0.29, 0.717) is 23.2 Å². The zero-order valence-electron chi connectivity index (χ0n) is 20.5. The molecule has 0 aromatic carbocycles. The monoisotopic (exact) mass is 516 g/mol. The third kappa shape index (κ3) is 5.98. The van der Waals surface area contributed by atoms with Crippen LogP contribution in [0.4, 0.5) is 19.1 Å². The second-order valence-corrected chi connectivity index (χ2v) is 8.63. The van der Waals surface area contributed by atoms with Crippen molar-refractivity contribution in [1.82, 2.24) is 34.7 Å². The second kappa shape index (κ2) is 10.4. The van der Waals surface area contributed by atoms with E-state index in [1.807, 2.05) is 27.0 Å². The Morgan fingerprint density at radius 3 is 2.59 bits per heavy atom. The normalized spacial score (nSPS) is 13.5. The second-order valence-electron chi connectivity index (χ2n) is 8.63. The minimum atomic E-state index is -4.44. The summed E-state index contributed by atoms with van der Waals surface area (Å²) in [5, 5.41) is 11.6. The highest BCUT2D eigenvalue weighted by Gasteiger charge is 2.28. The lowest BCUT2D eigenvalue weighted by atomic mass is 10.1. The summed E-state index contributed by atoms with van der Waals surface area (Å²) < 4.78 is 45.1. The van der Waals surface area contributed by atoms with Gasteiger partial charge >= 0.3 is 6.18 Å². The number of anilines is 1. The zero-order valence-corrected chi connectivity index (χ0v) is 20.5. The predicted octanol–water partition coefficient (Wildman–Crippen LogP) is 4.04. The van der Waals surface area contributed by atoms with Crippen LogP contribution in [0.1, 0.15) is 55.6 Å². The molecular weight excluding hydrogens is 489 g/mol. The number of carbonyl (C=O) groups excluding carboxylic acids is 1. The Bertz CT molecular complexity index is 1380. The number of nitrogens with two attached hydrogens (primary N) is 1. The molecule has 13 heteroatoms. The fourth-order valence-corrected chi connectivity index (χ4v) is 3.79. The van der Waals surface area contributed by atoms with Crippen molar-refractivity contribution in [2.75, 3.05) is 12.3 Å². The molecule has 2 atom stereocenters. The van der Waals surface area contributed by atoms with E-state index in [1.165, 1.54) is 16.8 Å². The van der Waals surface area contributed by atoms with Gasteiger partial charge in [-0.05, 0) is 37.5 Å². The number of alkyl halides is 3. The first-order valence-electron chi connectivity index (χ1n) is 11.7. The molecule has 1 unspecified atom stereocenters. The van der Waals surface area contributed by atoms with Crippen LogP contribution in [0.2, 0.25) is 0 Å². The molecule has 1 amide bonds. The summed E-state index contributed by atoms with van der Waals surface area (Å²) in [4.78, 5) is 21.2. The summed E-state index contributed by atoms with van der Waals surface area (Å²) >= 11 is 0. The predicted molar refractivity (Wildman–Crippen MR) is 130 cm³/mol. The Hall–Kier alpha value is -4.16. The lowest BCUT2D eigenvalue weighted by Crippen LogP contribution is -2.32. The molecule has 0 aliphatic heterocycles. The maximum Gasteiger partial charge on any atom is 0.422 e. The van der Waals surface area contributed by atoms with Crippen molar-refractivity contribution >= 4 is 17.5 Å². The van der Waals surface area contributed by atoms with Crippen molar-refractivity contribution in [3.63, 3.8) is 0 Å². The molecule has 4 aromatic rings. The van der Waals surface area contributed by atoms with Crippen LogP contribution in [0.5, 0.6) is 5.88 Å². The molecule has 37 heavy (non-hydrogen) atoms. The van der Waals surface area contributed by atoms with Crippen molar-refractivity contribution in [1.29, 1.82) is 0 Å². The summed E-state index contributed by atoms with van der Waals surface area (Å²) in [6.45, 7) is 4.44. The number of amides is 1. The molecule has 0 bridgehead atoms. The number of carbonyl (C=O) groups is 1. The average molecular weight is 517 g/mol. The van der Waals surface area contributed by atoms with E-state index in [4.69, 9.17) is 10.5 Å². The van der Waals surface area contributed by atoms with E-state index in [-0.39, 0.29) is 29.8 Å². The quantitative estimate of drug-likeness (QED) is 0.344. The number of hydrogen-bond donors (Lipinski definition) is 2. The van der Waals surface area contributed by atoms with Crippen molar-refractivity contribution in [3.05, 3.63) is 54.1 Å². The number of nitrogens with one attached hydrogen (secondary N) is 1. The Kier molecular flexibility index (Phi) is 7.32. The largest absolute Gasteiger partial charge is 0.468 e. The van der Waals surface area contributed by atoms with Gasteiger partial charge in [0, 0.05) is 41.8 Å². The Labute approximate surface area is 210 Å². The minimum absolute atomic E-state index is 0.0246. The van der Waals surface area contributed by atoms with Crippen LogP contribution >= 0.6 is 0 Å². The topological polar surface area (TPSA) is 125 Å². The number of aromatic nitrogens is 6. The third-order valence-corrected chi connectivity index (χ3v) is 5.85. The summed E-state index contributed by atoms with van der Waals surface area (Å²) in [6.07, 6.45) is 3.65. The first-order chi connectivity index (χ1) is 17.6. The summed E-state index contributed by atoms with van der Waals surface area (Å²) in [5.41, 5.74) is 8.64. The van der Waals surface area contributed by atoms with Gasteiger partial charge in [-0.15, -0.1) is 5.10 Å². The maximum absolute atomic E-state index is 13.0. The van der Waals surface area contributed by atoms with Gasteiger partial charge in [-0.25, -0.2) is 9.50 Å². The van der Waals surface area contributed by atoms with Crippen LogP contribution in [-0.2, 0) is 0 Å². The van der Waals surface area contributed by atoms with Gasteiger partial charge in [0.05, 0.1) is 17.8 Å². The van der Waals surface area contributed by atoms with Crippen LogP contribution in [0, 0.1) is 0 Å². The van der Waals surface area contributed by atoms with Crippen molar-refractivity contribution in [3.8, 4) is 17.0 Å². The molecule has 3 N–H and O–H groups in total. The Morgan fingerprint density at radius 2 is 1.95 bits per heavy atom. The van der Waals surface area contributed by atoms with Crippen LogP contribution in [0.25, 0.3) is 16.8 Å². The summed E-state index contributed by atoms with van der Waals surface area (Å²) in [7, 11) is 0. The highest BCUT2D eigenvalue weighted by atomic mass is 19.4. The van der Waals surface area contributed by atoms with Gasteiger partial charge < -0.3 is 15.8 Å². The van der Waals surface area contributed by atoms with Gasteiger partial charge in [0.25, 0.3) is 5.91 Å². The van der Waals surface area contributed by atoms with Gasteiger partial charge in [0.2, 0.25) is 11.8 Å². The van der Waals surface area contributed by atoms with Crippen molar-refractivity contribution in [2.45, 2.75) is 51.9 Å². The van der Waals surface area contributed by atoms with E-state index in [9.17, 15) is 18.0 Å². The average Bonchev–Trinajstić information content (AvgIpc) is 3.49. The smallest absolute Gasteiger partial charge is 0.422 e. The van der Waals surface area contributed by atoms with Gasteiger partial charge in [-0.1, -0.05) is 13.8 Å². The van der Waals surface area contributed by atoms with Crippen molar-refractivity contribution < 1.29 is 22.7 Å². The molecule has 0 radical (unpaired) electrons. The SMILES string of the molecule is CCC(c1ccc(OCC(F)(F)F)nc1)n1cc(-c2cc(C(=O)N[C@@H](C)CC)c3nc(N)nn3c2)cn1. The van der Waals surface area contributed by atoms with Crippen LogP contribution in [0.15, 0.2) is 43.0 Å². The fourth-order valence-electron chi connectivity index (χ4n) is 3.79. The van der Waals surface area contributed by atoms with E-state index in [0.717, 1.165) is 17.5 Å². The molecule has 0 saturated heterocycles. The molecule has 4 rings (SSSR count). The Morgan fingerprint density at radius 1 is 1.16 bits per heavy atom. The number of nitrogens with zero attached hydrogens (tertiary/aromatic N) is 6. The lowest BCUT2D eigenvalue weighted by molar-refractivity contribution is -0.154. The van der Waals surface area contributed by atoms with Gasteiger partial charge in [0.1, 0.15) is 0 Å². The molecule has 0 aliphatic carbocycles. The minimum Gasteiger partial charge on any atom is -0.468 e. The molecule has 4 aromatic heterocycles. The number of hydrogen-bond acceptors (Lipinski definition) is 7.